The largest absolute Gasteiger partial charge is 0.315 e. The molecule has 2 aliphatic rings. The number of rotatable bonds is 4. The van der Waals surface area contributed by atoms with Crippen LogP contribution in [0.25, 0.3) is 0 Å². The molecule has 0 spiro atoms. The molecule has 2 fully saturated rings. The van der Waals surface area contributed by atoms with Gasteiger partial charge in [-0.15, -0.1) is 0 Å². The fourth-order valence-corrected chi connectivity index (χ4v) is 4.52. The summed E-state index contributed by atoms with van der Waals surface area (Å²) in [7, 11) is 4.58. The van der Waals surface area contributed by atoms with Crippen molar-refractivity contribution in [2.24, 2.45) is 5.92 Å². The first-order valence-corrected chi connectivity index (χ1v) is 9.15. The van der Waals surface area contributed by atoms with Crippen LogP contribution in [-0.2, 0) is 0 Å². The van der Waals surface area contributed by atoms with Crippen molar-refractivity contribution in [1.82, 2.24) is 10.2 Å². The predicted molar refractivity (Wildman–Crippen MR) is 88.1 cm³/mol. The summed E-state index contributed by atoms with van der Waals surface area (Å²) in [6, 6.07) is 2.32. The number of hydrogen-bond acceptors (Lipinski definition) is 2. The third-order valence-electron chi connectivity index (χ3n) is 6.09. The molecule has 0 radical (unpaired) electrons. The van der Waals surface area contributed by atoms with Gasteiger partial charge in [0, 0.05) is 18.1 Å². The van der Waals surface area contributed by atoms with E-state index in [1.807, 2.05) is 0 Å². The standard InChI is InChI=1S/C18H36N2/c1-4-15-11-13-16(14-12-15)20(3)18-10-8-6-5-7-9-17(18)19-2/h15-19H,4-14H2,1-3H3. The molecule has 2 saturated carbocycles. The normalized spacial score (nSPS) is 36.6. The van der Waals surface area contributed by atoms with Gasteiger partial charge < -0.3 is 5.32 Å². The maximum Gasteiger partial charge on any atom is 0.0249 e. The zero-order valence-corrected chi connectivity index (χ0v) is 14.0. The Bertz CT molecular complexity index is 258. The van der Waals surface area contributed by atoms with E-state index in [0.717, 1.165) is 18.0 Å². The molecule has 0 bridgehead atoms. The van der Waals surface area contributed by atoms with E-state index in [4.69, 9.17) is 0 Å². The highest BCUT2D eigenvalue weighted by atomic mass is 15.2. The maximum atomic E-state index is 3.62. The summed E-state index contributed by atoms with van der Waals surface area (Å²) < 4.78 is 0. The van der Waals surface area contributed by atoms with Gasteiger partial charge in [0.25, 0.3) is 0 Å². The molecule has 2 nitrogen and oxygen atoms in total. The number of nitrogens with zero attached hydrogens (tertiary/aromatic N) is 1. The van der Waals surface area contributed by atoms with Crippen LogP contribution in [0.5, 0.6) is 0 Å². The van der Waals surface area contributed by atoms with Crippen molar-refractivity contribution < 1.29 is 0 Å². The van der Waals surface area contributed by atoms with Gasteiger partial charge in [0.1, 0.15) is 0 Å². The Hall–Kier alpha value is -0.0800. The lowest BCUT2D eigenvalue weighted by molar-refractivity contribution is 0.0851. The Morgan fingerprint density at radius 3 is 2.15 bits per heavy atom. The minimum atomic E-state index is 0.712. The van der Waals surface area contributed by atoms with Crippen LogP contribution < -0.4 is 5.32 Å². The second-order valence-electron chi connectivity index (χ2n) is 7.20. The number of nitrogens with one attached hydrogen (secondary N) is 1. The molecule has 0 amide bonds. The van der Waals surface area contributed by atoms with Crippen molar-refractivity contribution in [3.63, 3.8) is 0 Å². The highest BCUT2D eigenvalue weighted by molar-refractivity contribution is 4.89. The van der Waals surface area contributed by atoms with Gasteiger partial charge in [-0.2, -0.15) is 0 Å². The molecule has 0 heterocycles. The van der Waals surface area contributed by atoms with Crippen molar-refractivity contribution in [2.75, 3.05) is 14.1 Å². The van der Waals surface area contributed by atoms with Crippen LogP contribution in [0.4, 0.5) is 0 Å². The Labute approximate surface area is 126 Å². The Kier molecular flexibility index (Phi) is 6.83. The van der Waals surface area contributed by atoms with E-state index in [2.05, 4.69) is 31.2 Å². The zero-order chi connectivity index (χ0) is 14.4. The van der Waals surface area contributed by atoms with Gasteiger partial charge in [0.15, 0.2) is 0 Å². The molecule has 118 valence electrons. The lowest BCUT2D eigenvalue weighted by Crippen LogP contribution is -2.52. The van der Waals surface area contributed by atoms with Crippen LogP contribution in [-0.4, -0.2) is 37.1 Å². The SMILES string of the molecule is CCC1CCC(N(C)C2CCCCCCC2NC)CC1. The number of likely N-dealkylation sites (N-methyl/N-ethyl adjacent to an activating group) is 2. The second kappa shape index (κ2) is 8.38. The molecule has 0 aromatic carbocycles. The molecular formula is C18H36N2. The quantitative estimate of drug-likeness (QED) is 0.830. The minimum absolute atomic E-state index is 0.712. The van der Waals surface area contributed by atoms with Crippen molar-refractivity contribution in [1.29, 1.82) is 0 Å². The van der Waals surface area contributed by atoms with Crippen molar-refractivity contribution >= 4 is 0 Å². The van der Waals surface area contributed by atoms with Crippen molar-refractivity contribution in [3.05, 3.63) is 0 Å². The van der Waals surface area contributed by atoms with Crippen LogP contribution in [0.2, 0.25) is 0 Å². The second-order valence-corrected chi connectivity index (χ2v) is 7.20. The first-order valence-electron chi connectivity index (χ1n) is 9.15. The minimum Gasteiger partial charge on any atom is -0.315 e. The summed E-state index contributed by atoms with van der Waals surface area (Å²) >= 11 is 0. The molecule has 2 unspecified atom stereocenters. The molecule has 1 N–H and O–H groups in total. The molecule has 0 aliphatic heterocycles. The fourth-order valence-electron chi connectivity index (χ4n) is 4.52. The van der Waals surface area contributed by atoms with E-state index in [0.29, 0.717) is 6.04 Å². The Morgan fingerprint density at radius 1 is 0.900 bits per heavy atom. The van der Waals surface area contributed by atoms with Gasteiger partial charge >= 0.3 is 0 Å². The molecule has 0 aromatic rings. The molecule has 2 atom stereocenters. The fraction of sp³-hybridized carbons (Fsp3) is 1.00. The third kappa shape index (κ3) is 4.21. The van der Waals surface area contributed by atoms with E-state index >= 15 is 0 Å². The maximum absolute atomic E-state index is 3.62. The molecule has 0 saturated heterocycles. The predicted octanol–water partition coefficient (Wildman–Crippen LogP) is 4.20. The van der Waals surface area contributed by atoms with Gasteiger partial charge in [-0.05, 0) is 58.5 Å². The van der Waals surface area contributed by atoms with Crippen LogP contribution in [0.1, 0.15) is 77.6 Å². The van der Waals surface area contributed by atoms with Gasteiger partial charge in [0.2, 0.25) is 0 Å². The average Bonchev–Trinajstić information content (AvgIpc) is 2.47. The summed E-state index contributed by atoms with van der Waals surface area (Å²) in [6.07, 6.45) is 15.7. The Balaban J connectivity index is 1.92. The summed E-state index contributed by atoms with van der Waals surface area (Å²) in [5.74, 6) is 1.01. The summed E-state index contributed by atoms with van der Waals surface area (Å²) in [4.78, 5) is 2.76. The first kappa shape index (κ1) is 16.3. The van der Waals surface area contributed by atoms with Gasteiger partial charge in [-0.25, -0.2) is 0 Å². The van der Waals surface area contributed by atoms with Crippen molar-refractivity contribution in [3.8, 4) is 0 Å². The smallest absolute Gasteiger partial charge is 0.0249 e. The van der Waals surface area contributed by atoms with Gasteiger partial charge in [-0.3, -0.25) is 4.90 Å². The third-order valence-corrected chi connectivity index (χ3v) is 6.09. The Morgan fingerprint density at radius 2 is 1.55 bits per heavy atom. The van der Waals surface area contributed by atoms with Gasteiger partial charge in [-0.1, -0.05) is 39.0 Å². The average molecular weight is 280 g/mol. The van der Waals surface area contributed by atoms with Gasteiger partial charge in [0.05, 0.1) is 0 Å². The first-order chi connectivity index (χ1) is 9.76. The van der Waals surface area contributed by atoms with E-state index in [9.17, 15) is 0 Å². The van der Waals surface area contributed by atoms with E-state index in [-0.39, 0.29) is 0 Å². The highest BCUT2D eigenvalue weighted by Crippen LogP contribution is 2.32. The molecule has 2 aliphatic carbocycles. The molecule has 0 aromatic heterocycles. The number of hydrogen-bond donors (Lipinski definition) is 1. The van der Waals surface area contributed by atoms with Crippen LogP contribution in [0, 0.1) is 5.92 Å². The summed E-state index contributed by atoms with van der Waals surface area (Å²) in [5.41, 5.74) is 0. The summed E-state index contributed by atoms with van der Waals surface area (Å²) in [5, 5.41) is 3.62. The monoisotopic (exact) mass is 280 g/mol. The zero-order valence-electron chi connectivity index (χ0n) is 14.0. The topological polar surface area (TPSA) is 15.3 Å². The lowest BCUT2D eigenvalue weighted by Gasteiger charge is -2.43. The van der Waals surface area contributed by atoms with E-state index < -0.39 is 0 Å². The molecule has 2 heteroatoms. The van der Waals surface area contributed by atoms with E-state index in [1.165, 1.54) is 70.6 Å². The lowest BCUT2D eigenvalue weighted by atomic mass is 9.82. The van der Waals surface area contributed by atoms with Crippen LogP contribution in [0.15, 0.2) is 0 Å². The van der Waals surface area contributed by atoms with E-state index in [1.54, 1.807) is 0 Å². The van der Waals surface area contributed by atoms with Crippen molar-refractivity contribution in [2.45, 2.75) is 95.7 Å². The van der Waals surface area contributed by atoms with Crippen LogP contribution >= 0.6 is 0 Å². The van der Waals surface area contributed by atoms with Crippen LogP contribution in [0.3, 0.4) is 0 Å². The highest BCUT2D eigenvalue weighted by Gasteiger charge is 2.31. The molecular weight excluding hydrogens is 244 g/mol. The molecule has 2 rings (SSSR count). The molecule has 20 heavy (non-hydrogen) atoms. The summed E-state index contributed by atoms with van der Waals surface area (Å²) in [6.45, 7) is 2.36.